The highest BCUT2D eigenvalue weighted by molar-refractivity contribution is 5.93. The number of rotatable bonds is 2. The van der Waals surface area contributed by atoms with Crippen molar-refractivity contribution in [3.05, 3.63) is 42.1 Å². The van der Waals surface area contributed by atoms with E-state index in [1.165, 1.54) is 0 Å². The maximum Gasteiger partial charge on any atom is 0.183 e. The SMILES string of the molecule is c1ccc2c(-c3n[nH]c(C4CCCCn5nnnc54)n3)c[nH]c2c1. The molecule has 5 rings (SSSR count). The first-order valence-corrected chi connectivity index (χ1v) is 8.15. The second kappa shape index (κ2) is 5.26. The first kappa shape index (κ1) is 13.4. The fraction of sp³-hybridized carbons (Fsp3) is 0.312. The largest absolute Gasteiger partial charge is 0.360 e. The summed E-state index contributed by atoms with van der Waals surface area (Å²) >= 11 is 0. The predicted molar refractivity (Wildman–Crippen MR) is 87.2 cm³/mol. The lowest BCUT2D eigenvalue weighted by atomic mass is 10.0. The van der Waals surface area contributed by atoms with E-state index in [2.05, 4.69) is 36.8 Å². The molecule has 24 heavy (non-hydrogen) atoms. The van der Waals surface area contributed by atoms with Gasteiger partial charge >= 0.3 is 0 Å². The van der Waals surface area contributed by atoms with E-state index in [0.29, 0.717) is 5.82 Å². The fourth-order valence-electron chi connectivity index (χ4n) is 3.43. The minimum Gasteiger partial charge on any atom is -0.360 e. The molecule has 1 aliphatic rings. The summed E-state index contributed by atoms with van der Waals surface area (Å²) in [6, 6.07) is 8.15. The fourth-order valence-corrected chi connectivity index (χ4v) is 3.43. The summed E-state index contributed by atoms with van der Waals surface area (Å²) in [7, 11) is 0. The minimum absolute atomic E-state index is 0.0638. The number of hydrogen-bond acceptors (Lipinski definition) is 5. The van der Waals surface area contributed by atoms with Gasteiger partial charge in [-0.1, -0.05) is 24.6 Å². The third-order valence-electron chi connectivity index (χ3n) is 4.65. The molecule has 0 spiro atoms. The van der Waals surface area contributed by atoms with Crippen molar-refractivity contribution < 1.29 is 0 Å². The van der Waals surface area contributed by atoms with E-state index in [9.17, 15) is 0 Å². The van der Waals surface area contributed by atoms with Crippen molar-refractivity contribution >= 4 is 10.9 Å². The molecule has 1 unspecified atom stereocenters. The van der Waals surface area contributed by atoms with Gasteiger partial charge in [-0.25, -0.2) is 9.67 Å². The number of aromatic amines is 2. The molecule has 0 radical (unpaired) electrons. The van der Waals surface area contributed by atoms with Crippen LogP contribution in [0, 0.1) is 0 Å². The molecule has 1 atom stereocenters. The van der Waals surface area contributed by atoms with Gasteiger partial charge in [-0.15, -0.1) is 5.10 Å². The average molecular weight is 320 g/mol. The zero-order valence-corrected chi connectivity index (χ0v) is 13.0. The van der Waals surface area contributed by atoms with Crippen molar-refractivity contribution in [3.8, 4) is 11.4 Å². The molecule has 2 N–H and O–H groups in total. The van der Waals surface area contributed by atoms with Gasteiger partial charge in [0.2, 0.25) is 0 Å². The van der Waals surface area contributed by atoms with Gasteiger partial charge in [0, 0.05) is 29.2 Å². The summed E-state index contributed by atoms with van der Waals surface area (Å²) in [4.78, 5) is 8.02. The Morgan fingerprint density at radius 1 is 1.17 bits per heavy atom. The van der Waals surface area contributed by atoms with E-state index < -0.39 is 0 Å². The standard InChI is InChI=1S/C16H16N8/c1-2-7-13-10(5-1)12(9-17-13)15-18-14(19-20-15)11-6-3-4-8-24-16(11)21-22-23-24/h1-2,5,7,9,11,17H,3-4,6,8H2,(H,18,19,20). The van der Waals surface area contributed by atoms with E-state index >= 15 is 0 Å². The van der Waals surface area contributed by atoms with Gasteiger partial charge in [-0.05, 0) is 29.3 Å². The maximum absolute atomic E-state index is 4.75. The van der Waals surface area contributed by atoms with Gasteiger partial charge in [-0.3, -0.25) is 5.10 Å². The summed E-state index contributed by atoms with van der Waals surface area (Å²) in [5, 5.41) is 20.8. The normalized spacial score (nSPS) is 17.8. The van der Waals surface area contributed by atoms with Gasteiger partial charge in [-0.2, -0.15) is 5.10 Å². The molecule has 0 amide bonds. The first-order chi connectivity index (χ1) is 11.9. The van der Waals surface area contributed by atoms with Crippen LogP contribution >= 0.6 is 0 Å². The number of aromatic nitrogens is 8. The summed E-state index contributed by atoms with van der Waals surface area (Å²) in [6.45, 7) is 0.863. The molecule has 0 aliphatic carbocycles. The second-order valence-corrected chi connectivity index (χ2v) is 6.10. The molecule has 3 aromatic heterocycles. The van der Waals surface area contributed by atoms with E-state index in [0.717, 1.165) is 53.9 Å². The van der Waals surface area contributed by atoms with Crippen molar-refractivity contribution in [2.75, 3.05) is 0 Å². The lowest BCUT2D eigenvalue weighted by Crippen LogP contribution is -2.10. The van der Waals surface area contributed by atoms with Crippen LogP contribution in [0.5, 0.6) is 0 Å². The number of nitrogens with one attached hydrogen (secondary N) is 2. The van der Waals surface area contributed by atoms with Gasteiger partial charge < -0.3 is 4.98 Å². The average Bonchev–Trinajstić information content (AvgIpc) is 3.32. The van der Waals surface area contributed by atoms with E-state index in [1.54, 1.807) is 0 Å². The molecular weight excluding hydrogens is 304 g/mol. The number of aryl methyl sites for hydroxylation is 1. The second-order valence-electron chi connectivity index (χ2n) is 6.10. The van der Waals surface area contributed by atoms with Gasteiger partial charge in [0.05, 0.1) is 5.92 Å². The van der Waals surface area contributed by atoms with E-state index in [1.807, 2.05) is 29.1 Å². The third-order valence-corrected chi connectivity index (χ3v) is 4.65. The lowest BCUT2D eigenvalue weighted by Gasteiger charge is -2.08. The van der Waals surface area contributed by atoms with Crippen LogP contribution in [-0.4, -0.2) is 40.4 Å². The highest BCUT2D eigenvalue weighted by Crippen LogP contribution is 2.31. The van der Waals surface area contributed by atoms with Crippen LogP contribution < -0.4 is 0 Å². The number of tetrazole rings is 1. The number of fused-ring (bicyclic) bond motifs is 2. The molecule has 4 heterocycles. The molecule has 0 saturated carbocycles. The Balaban J connectivity index is 1.56. The van der Waals surface area contributed by atoms with Gasteiger partial charge in [0.15, 0.2) is 11.6 Å². The topological polar surface area (TPSA) is 101 Å². The highest BCUT2D eigenvalue weighted by atomic mass is 15.5. The quantitative estimate of drug-likeness (QED) is 0.590. The monoisotopic (exact) mass is 320 g/mol. The van der Waals surface area contributed by atoms with Crippen molar-refractivity contribution in [2.45, 2.75) is 31.7 Å². The van der Waals surface area contributed by atoms with Crippen molar-refractivity contribution in [3.63, 3.8) is 0 Å². The summed E-state index contributed by atoms with van der Waals surface area (Å²) < 4.78 is 1.88. The molecule has 1 aliphatic heterocycles. The Kier molecular flexibility index (Phi) is 2.94. The first-order valence-electron chi connectivity index (χ1n) is 8.15. The number of hydrogen-bond donors (Lipinski definition) is 2. The third kappa shape index (κ3) is 2.03. The van der Waals surface area contributed by atoms with Crippen LogP contribution in [-0.2, 0) is 6.54 Å². The molecule has 1 aromatic carbocycles. The Morgan fingerprint density at radius 3 is 3.12 bits per heavy atom. The molecule has 4 aromatic rings. The molecular formula is C16H16N8. The summed E-state index contributed by atoms with van der Waals surface area (Å²) in [6.07, 6.45) is 5.12. The molecule has 0 bridgehead atoms. The Bertz CT molecular complexity index is 994. The Morgan fingerprint density at radius 2 is 2.12 bits per heavy atom. The van der Waals surface area contributed by atoms with Crippen LogP contribution in [0.3, 0.4) is 0 Å². The van der Waals surface area contributed by atoms with Crippen LogP contribution in [0.25, 0.3) is 22.3 Å². The Labute approximate surface area is 137 Å². The van der Waals surface area contributed by atoms with Crippen LogP contribution in [0.1, 0.15) is 36.8 Å². The van der Waals surface area contributed by atoms with E-state index in [4.69, 9.17) is 4.98 Å². The maximum atomic E-state index is 4.75. The minimum atomic E-state index is 0.0638. The zero-order chi connectivity index (χ0) is 15.9. The van der Waals surface area contributed by atoms with Crippen molar-refractivity contribution in [1.82, 2.24) is 40.4 Å². The Hall–Kier alpha value is -3.03. The van der Waals surface area contributed by atoms with Gasteiger partial charge in [0.25, 0.3) is 0 Å². The number of para-hydroxylation sites is 1. The summed E-state index contributed by atoms with van der Waals surface area (Å²) in [5.74, 6) is 2.46. The smallest absolute Gasteiger partial charge is 0.183 e. The summed E-state index contributed by atoms with van der Waals surface area (Å²) in [5.41, 5.74) is 2.08. The van der Waals surface area contributed by atoms with E-state index in [-0.39, 0.29) is 5.92 Å². The van der Waals surface area contributed by atoms with Crippen LogP contribution in [0.4, 0.5) is 0 Å². The van der Waals surface area contributed by atoms with Crippen LogP contribution in [0.2, 0.25) is 0 Å². The molecule has 8 nitrogen and oxygen atoms in total. The van der Waals surface area contributed by atoms with Crippen molar-refractivity contribution in [2.24, 2.45) is 0 Å². The van der Waals surface area contributed by atoms with Crippen molar-refractivity contribution in [1.29, 1.82) is 0 Å². The number of benzene rings is 1. The number of nitrogens with zero attached hydrogens (tertiary/aromatic N) is 6. The number of H-pyrrole nitrogens is 2. The predicted octanol–water partition coefficient (Wildman–Crippen LogP) is 2.26. The molecule has 8 heteroatoms. The molecule has 120 valence electrons. The lowest BCUT2D eigenvalue weighted by molar-refractivity contribution is 0.556. The van der Waals surface area contributed by atoms with Crippen LogP contribution in [0.15, 0.2) is 30.5 Å². The highest BCUT2D eigenvalue weighted by Gasteiger charge is 2.27. The van der Waals surface area contributed by atoms with Gasteiger partial charge in [0.1, 0.15) is 5.82 Å². The molecule has 0 fully saturated rings. The molecule has 0 saturated heterocycles. The zero-order valence-electron chi connectivity index (χ0n) is 13.0.